The molecule has 0 unspecified atom stereocenters. The van der Waals surface area contributed by atoms with Crippen molar-refractivity contribution >= 4 is 22.2 Å². The maximum absolute atomic E-state index is 11.9. The number of nitrogens with zero attached hydrogens (tertiary/aromatic N) is 3. The summed E-state index contributed by atoms with van der Waals surface area (Å²) in [7, 11) is 0. The summed E-state index contributed by atoms with van der Waals surface area (Å²) in [6.07, 6.45) is 3.59. The van der Waals surface area contributed by atoms with Crippen molar-refractivity contribution in [2.24, 2.45) is 0 Å². The lowest BCUT2D eigenvalue weighted by Gasteiger charge is -2.16. The molecule has 0 saturated carbocycles. The molecule has 0 fully saturated rings. The first kappa shape index (κ1) is 24.0. The number of para-hydroxylation sites is 3. The minimum atomic E-state index is -0.557. The number of imidazole rings is 1. The average Bonchev–Trinajstić information content (AvgIpc) is 3.47. The van der Waals surface area contributed by atoms with Crippen LogP contribution in [-0.4, -0.2) is 19.7 Å². The number of aromatic nitrogens is 4. The van der Waals surface area contributed by atoms with Gasteiger partial charge in [-0.05, 0) is 53.8 Å². The van der Waals surface area contributed by atoms with Crippen molar-refractivity contribution in [1.82, 2.24) is 19.7 Å². The summed E-state index contributed by atoms with van der Waals surface area (Å²) in [6.45, 7) is 5.48. The maximum atomic E-state index is 11.9. The number of ether oxygens (including phenoxy) is 1. The molecule has 5 aromatic rings. The predicted octanol–water partition coefficient (Wildman–Crippen LogP) is 6.37. The third-order valence-electron chi connectivity index (χ3n) is 7.05. The monoisotopic (exact) mass is 506 g/mol. The van der Waals surface area contributed by atoms with Crippen LogP contribution < -0.4 is 10.5 Å². The van der Waals surface area contributed by atoms with Gasteiger partial charge in [-0.2, -0.15) is 0 Å². The van der Waals surface area contributed by atoms with Gasteiger partial charge in [0.2, 0.25) is 0 Å². The molecule has 0 amide bonds. The molecular weight excluding hydrogens is 476 g/mol. The Morgan fingerprint density at radius 3 is 2.66 bits per heavy atom. The quantitative estimate of drug-likeness (QED) is 0.277. The Bertz CT molecular complexity index is 1710. The number of H-pyrrole nitrogens is 1. The summed E-state index contributed by atoms with van der Waals surface area (Å²) in [6, 6.07) is 23.0. The molecule has 192 valence electrons. The van der Waals surface area contributed by atoms with E-state index in [1.54, 1.807) is 0 Å². The van der Waals surface area contributed by atoms with Gasteiger partial charge in [0.1, 0.15) is 18.2 Å². The molecule has 3 aromatic carbocycles. The van der Waals surface area contributed by atoms with Crippen molar-refractivity contribution in [1.29, 1.82) is 0 Å². The molecule has 1 aliphatic heterocycles. The second-order valence-electron chi connectivity index (χ2n) is 9.68. The van der Waals surface area contributed by atoms with Crippen LogP contribution in [0.3, 0.4) is 0 Å². The van der Waals surface area contributed by atoms with Gasteiger partial charge in [0.15, 0.2) is 5.82 Å². The highest BCUT2D eigenvalue weighted by molar-refractivity contribution is 5.99. The number of aryl methyl sites for hydroxylation is 1. The summed E-state index contributed by atoms with van der Waals surface area (Å²) in [5, 5.41) is 4.06. The molecule has 0 aliphatic carbocycles. The number of hydrogen-bond donors (Lipinski definition) is 1. The number of allylic oxidation sites excluding steroid dienone is 1. The highest BCUT2D eigenvalue weighted by Crippen LogP contribution is 2.42. The van der Waals surface area contributed by atoms with E-state index >= 15 is 0 Å². The topological polar surface area (TPSA) is 85.9 Å². The van der Waals surface area contributed by atoms with Gasteiger partial charge in [-0.1, -0.05) is 67.9 Å². The van der Waals surface area contributed by atoms with E-state index in [-0.39, 0.29) is 0 Å². The Morgan fingerprint density at radius 2 is 1.84 bits per heavy atom. The molecule has 3 heterocycles. The highest BCUT2D eigenvalue weighted by atomic mass is 16.5. The molecule has 0 bridgehead atoms. The zero-order chi connectivity index (χ0) is 26.1. The Labute approximate surface area is 220 Å². The van der Waals surface area contributed by atoms with Gasteiger partial charge in [0.05, 0.1) is 11.0 Å². The molecule has 7 nitrogen and oxygen atoms in total. The summed E-state index contributed by atoms with van der Waals surface area (Å²) in [4.78, 5) is 19.5. The van der Waals surface area contributed by atoms with Gasteiger partial charge in [-0.3, -0.25) is 9.51 Å². The van der Waals surface area contributed by atoms with Gasteiger partial charge in [0.25, 0.3) is 0 Å². The first-order valence-corrected chi connectivity index (χ1v) is 13.2. The van der Waals surface area contributed by atoms with Gasteiger partial charge in [0, 0.05) is 29.7 Å². The lowest BCUT2D eigenvalue weighted by atomic mass is 9.87. The first-order chi connectivity index (χ1) is 18.7. The van der Waals surface area contributed by atoms with E-state index in [4.69, 9.17) is 14.2 Å². The fourth-order valence-electron chi connectivity index (χ4n) is 5.40. The summed E-state index contributed by atoms with van der Waals surface area (Å²) >= 11 is 0. The number of nitrogens with one attached hydrogen (secondary N) is 1. The lowest BCUT2D eigenvalue weighted by molar-refractivity contribution is 0.307. The van der Waals surface area contributed by atoms with Gasteiger partial charge < -0.3 is 9.30 Å². The van der Waals surface area contributed by atoms with Crippen molar-refractivity contribution in [3.05, 3.63) is 111 Å². The smallest absolute Gasteiger partial charge is 0.439 e. The molecule has 0 saturated heterocycles. The van der Waals surface area contributed by atoms with Crippen molar-refractivity contribution < 1.29 is 9.26 Å². The van der Waals surface area contributed by atoms with Gasteiger partial charge in [-0.15, -0.1) is 0 Å². The number of rotatable bonds is 7. The molecular formula is C31H30N4O3. The van der Waals surface area contributed by atoms with Crippen LogP contribution in [0.1, 0.15) is 67.0 Å². The molecule has 6 rings (SSSR count). The lowest BCUT2D eigenvalue weighted by Crippen LogP contribution is -2.07. The molecule has 0 spiro atoms. The van der Waals surface area contributed by atoms with E-state index < -0.39 is 5.76 Å². The van der Waals surface area contributed by atoms with Crippen LogP contribution >= 0.6 is 0 Å². The summed E-state index contributed by atoms with van der Waals surface area (Å²) in [5.74, 6) is 1.82. The van der Waals surface area contributed by atoms with E-state index in [0.717, 1.165) is 82.7 Å². The molecule has 0 radical (unpaired) electrons. The minimum absolute atomic E-state index is 0.449. The van der Waals surface area contributed by atoms with E-state index in [1.807, 2.05) is 24.3 Å². The van der Waals surface area contributed by atoms with E-state index in [1.165, 1.54) is 5.56 Å². The first-order valence-electron chi connectivity index (χ1n) is 13.2. The molecule has 2 aromatic heterocycles. The van der Waals surface area contributed by atoms with Crippen LogP contribution in [-0.2, 0) is 19.6 Å². The molecule has 1 aliphatic rings. The number of aromatic amines is 1. The Kier molecular flexibility index (Phi) is 6.42. The fourth-order valence-corrected chi connectivity index (χ4v) is 5.40. The molecule has 0 atom stereocenters. The van der Waals surface area contributed by atoms with Crippen LogP contribution in [0.5, 0.6) is 5.75 Å². The van der Waals surface area contributed by atoms with Crippen LogP contribution in [0.15, 0.2) is 76.0 Å². The molecule has 38 heavy (non-hydrogen) atoms. The average molecular weight is 507 g/mol. The Hall–Kier alpha value is -4.39. The van der Waals surface area contributed by atoms with Gasteiger partial charge >= 0.3 is 5.76 Å². The standard InChI is InChI=1S/C31H30N4O3/c1-3-9-24(30-33-31(36)38-34-30)29-22-16-15-20(17-21(22)19-37-27-14-8-5-11-23(27)29)18-35-26-13-7-6-12-25(26)32-28(35)10-4-2/h5-8,11-17H,3-4,9-10,18-19H2,1-2H3,(H,33,34,36)/b29-24-. The Morgan fingerprint density at radius 1 is 1.00 bits per heavy atom. The molecule has 1 N–H and O–H groups in total. The molecule has 7 heteroatoms. The SMILES string of the molecule is CCC/C(=C1\c2ccc(Cn3c(CCC)nc4ccccc43)cc2COc2ccccc21)c1noc(=O)[nH]1. The van der Waals surface area contributed by atoms with E-state index in [2.05, 4.69) is 71.0 Å². The zero-order valence-electron chi connectivity index (χ0n) is 21.7. The third kappa shape index (κ3) is 4.34. The summed E-state index contributed by atoms with van der Waals surface area (Å²) in [5.41, 5.74) is 8.48. The van der Waals surface area contributed by atoms with Crippen LogP contribution in [0.25, 0.3) is 22.2 Å². The van der Waals surface area contributed by atoms with Gasteiger partial charge in [-0.25, -0.2) is 9.78 Å². The normalized spacial score (nSPS) is 14.1. The minimum Gasteiger partial charge on any atom is -0.488 e. The van der Waals surface area contributed by atoms with Crippen LogP contribution in [0.4, 0.5) is 0 Å². The van der Waals surface area contributed by atoms with Crippen molar-refractivity contribution in [3.63, 3.8) is 0 Å². The van der Waals surface area contributed by atoms with Crippen LogP contribution in [0, 0.1) is 0 Å². The van der Waals surface area contributed by atoms with E-state index in [0.29, 0.717) is 12.4 Å². The number of hydrogen-bond acceptors (Lipinski definition) is 5. The van der Waals surface area contributed by atoms with Crippen molar-refractivity contribution in [2.45, 2.75) is 52.7 Å². The zero-order valence-corrected chi connectivity index (χ0v) is 21.7. The fraction of sp³-hybridized carbons (Fsp3) is 0.258. The Balaban J connectivity index is 1.50. The number of benzene rings is 3. The predicted molar refractivity (Wildman–Crippen MR) is 148 cm³/mol. The van der Waals surface area contributed by atoms with Crippen LogP contribution in [0.2, 0.25) is 0 Å². The van der Waals surface area contributed by atoms with Crippen molar-refractivity contribution in [3.8, 4) is 5.75 Å². The largest absolute Gasteiger partial charge is 0.488 e. The second kappa shape index (κ2) is 10.2. The third-order valence-corrected chi connectivity index (χ3v) is 7.05. The maximum Gasteiger partial charge on any atom is 0.439 e. The van der Waals surface area contributed by atoms with E-state index in [9.17, 15) is 4.79 Å². The summed E-state index contributed by atoms with van der Waals surface area (Å²) < 4.78 is 13.6. The number of fused-ring (bicyclic) bond motifs is 3. The van der Waals surface area contributed by atoms with Crippen molar-refractivity contribution in [2.75, 3.05) is 0 Å². The second-order valence-corrected chi connectivity index (χ2v) is 9.68. The highest BCUT2D eigenvalue weighted by Gasteiger charge is 2.25.